The van der Waals surface area contributed by atoms with Crippen LogP contribution in [0.2, 0.25) is 5.02 Å². The number of piperazine rings is 1. The summed E-state index contributed by atoms with van der Waals surface area (Å²) in [6.07, 6.45) is 3.61. The Morgan fingerprint density at radius 3 is 2.46 bits per heavy atom. The number of benzene rings is 1. The molecule has 26 heavy (non-hydrogen) atoms. The van der Waals surface area contributed by atoms with Crippen LogP contribution in [-0.4, -0.2) is 41.1 Å². The summed E-state index contributed by atoms with van der Waals surface area (Å²) < 4.78 is 0. The van der Waals surface area contributed by atoms with Gasteiger partial charge in [0.25, 0.3) is 0 Å². The molecule has 1 N–H and O–H groups in total. The molecule has 0 radical (unpaired) electrons. The maximum absolute atomic E-state index is 6.04. The normalized spacial score (nSPS) is 14.3. The summed E-state index contributed by atoms with van der Waals surface area (Å²) in [5.74, 6) is 2.51. The van der Waals surface area contributed by atoms with Crippen molar-refractivity contribution in [1.82, 2.24) is 15.0 Å². The largest absolute Gasteiger partial charge is 0.353 e. The highest BCUT2D eigenvalue weighted by Gasteiger charge is 2.20. The molecule has 6 nitrogen and oxygen atoms in total. The van der Waals surface area contributed by atoms with E-state index in [1.54, 1.807) is 6.20 Å². The first-order valence-corrected chi connectivity index (χ1v) is 8.92. The smallest absolute Gasteiger partial charge is 0.227 e. The van der Waals surface area contributed by atoms with Crippen molar-refractivity contribution in [3.8, 4) is 0 Å². The third-order valence-corrected chi connectivity index (χ3v) is 4.51. The fourth-order valence-electron chi connectivity index (χ4n) is 2.96. The molecule has 0 bridgehead atoms. The summed E-state index contributed by atoms with van der Waals surface area (Å²) in [5.41, 5.74) is 0.905. The molecule has 0 atom stereocenters. The Morgan fingerprint density at radius 1 is 0.846 bits per heavy atom. The van der Waals surface area contributed by atoms with Crippen molar-refractivity contribution in [2.24, 2.45) is 0 Å². The van der Waals surface area contributed by atoms with E-state index < -0.39 is 0 Å². The zero-order chi connectivity index (χ0) is 17.8. The standard InChI is InChI=1S/C19H19ClN6/c20-15-4-3-5-16(14-15)23-17-7-9-22-19(24-17)26-12-10-25(11-13-26)18-6-1-2-8-21-18/h1-9,14H,10-13H2,(H,22,23,24). The first-order valence-electron chi connectivity index (χ1n) is 8.54. The molecule has 7 heteroatoms. The summed E-state index contributed by atoms with van der Waals surface area (Å²) in [5, 5.41) is 3.97. The number of nitrogens with one attached hydrogen (secondary N) is 1. The molecule has 0 aliphatic carbocycles. The molecule has 1 saturated heterocycles. The average Bonchev–Trinajstić information content (AvgIpc) is 2.69. The molecule has 0 amide bonds. The third-order valence-electron chi connectivity index (χ3n) is 4.28. The Bertz CT molecular complexity index is 865. The lowest BCUT2D eigenvalue weighted by Crippen LogP contribution is -2.47. The van der Waals surface area contributed by atoms with Crippen LogP contribution in [-0.2, 0) is 0 Å². The van der Waals surface area contributed by atoms with E-state index in [1.807, 2.05) is 54.7 Å². The van der Waals surface area contributed by atoms with E-state index in [2.05, 4.69) is 30.1 Å². The number of halogens is 1. The summed E-state index contributed by atoms with van der Waals surface area (Å²) in [4.78, 5) is 18.0. The van der Waals surface area contributed by atoms with Crippen molar-refractivity contribution in [1.29, 1.82) is 0 Å². The van der Waals surface area contributed by atoms with Crippen molar-refractivity contribution >= 4 is 34.9 Å². The van der Waals surface area contributed by atoms with E-state index in [9.17, 15) is 0 Å². The Morgan fingerprint density at radius 2 is 1.69 bits per heavy atom. The van der Waals surface area contributed by atoms with E-state index in [1.165, 1.54) is 0 Å². The second kappa shape index (κ2) is 7.58. The molecule has 1 fully saturated rings. The van der Waals surface area contributed by atoms with Gasteiger partial charge in [0.15, 0.2) is 0 Å². The van der Waals surface area contributed by atoms with Crippen molar-refractivity contribution < 1.29 is 0 Å². The first kappa shape index (κ1) is 16.6. The van der Waals surface area contributed by atoms with E-state index in [-0.39, 0.29) is 0 Å². The quantitative estimate of drug-likeness (QED) is 0.761. The van der Waals surface area contributed by atoms with Crippen LogP contribution in [0, 0.1) is 0 Å². The number of pyridine rings is 1. The van der Waals surface area contributed by atoms with E-state index in [0.717, 1.165) is 49.5 Å². The number of hydrogen-bond acceptors (Lipinski definition) is 6. The number of hydrogen-bond donors (Lipinski definition) is 1. The monoisotopic (exact) mass is 366 g/mol. The van der Waals surface area contributed by atoms with Gasteiger partial charge in [-0.15, -0.1) is 0 Å². The Labute approximate surface area is 157 Å². The molecule has 1 aliphatic rings. The van der Waals surface area contributed by atoms with Crippen LogP contribution in [0.15, 0.2) is 60.9 Å². The van der Waals surface area contributed by atoms with Crippen molar-refractivity contribution in [2.45, 2.75) is 0 Å². The molecule has 1 aromatic carbocycles. The molecule has 0 unspecified atom stereocenters. The van der Waals surface area contributed by atoms with Crippen LogP contribution >= 0.6 is 11.6 Å². The second-order valence-corrected chi connectivity index (χ2v) is 6.48. The van der Waals surface area contributed by atoms with Crippen molar-refractivity contribution in [3.63, 3.8) is 0 Å². The van der Waals surface area contributed by atoms with Gasteiger partial charge in [-0.05, 0) is 36.4 Å². The SMILES string of the molecule is Clc1cccc(Nc2ccnc(N3CCN(c4ccccn4)CC3)n2)c1. The lowest BCUT2D eigenvalue weighted by Gasteiger charge is -2.35. The lowest BCUT2D eigenvalue weighted by molar-refractivity contribution is 0.635. The van der Waals surface area contributed by atoms with Crippen LogP contribution in [0.1, 0.15) is 0 Å². The average molecular weight is 367 g/mol. The zero-order valence-corrected chi connectivity index (χ0v) is 15.0. The Kier molecular flexibility index (Phi) is 4.84. The molecular formula is C19H19ClN6. The van der Waals surface area contributed by atoms with Gasteiger partial charge in [0.2, 0.25) is 5.95 Å². The zero-order valence-electron chi connectivity index (χ0n) is 14.2. The van der Waals surface area contributed by atoms with Crippen LogP contribution in [0.4, 0.5) is 23.3 Å². The maximum atomic E-state index is 6.04. The minimum absolute atomic E-state index is 0.690. The van der Waals surface area contributed by atoms with Gasteiger partial charge < -0.3 is 15.1 Å². The predicted molar refractivity (Wildman–Crippen MR) is 105 cm³/mol. The maximum Gasteiger partial charge on any atom is 0.227 e. The topological polar surface area (TPSA) is 57.2 Å². The minimum atomic E-state index is 0.690. The number of rotatable bonds is 4. The molecule has 4 rings (SSSR count). The molecule has 3 heterocycles. The van der Waals surface area contributed by atoms with Gasteiger partial charge in [-0.25, -0.2) is 9.97 Å². The molecule has 3 aromatic rings. The highest BCUT2D eigenvalue weighted by molar-refractivity contribution is 6.30. The number of nitrogens with zero attached hydrogens (tertiary/aromatic N) is 5. The number of aromatic nitrogens is 3. The molecule has 0 saturated carbocycles. The number of anilines is 4. The molecular weight excluding hydrogens is 348 g/mol. The van der Waals surface area contributed by atoms with Crippen molar-refractivity contribution in [2.75, 3.05) is 41.3 Å². The summed E-state index contributed by atoms with van der Waals surface area (Å²) >= 11 is 6.04. The first-order chi connectivity index (χ1) is 12.8. The van der Waals surface area contributed by atoms with Gasteiger partial charge in [-0.2, -0.15) is 4.98 Å². The van der Waals surface area contributed by atoms with Crippen LogP contribution in [0.25, 0.3) is 0 Å². The van der Waals surface area contributed by atoms with Gasteiger partial charge in [-0.3, -0.25) is 0 Å². The fraction of sp³-hybridized carbons (Fsp3) is 0.211. The van der Waals surface area contributed by atoms with E-state index in [4.69, 9.17) is 11.6 Å². The predicted octanol–water partition coefficient (Wildman–Crippen LogP) is 3.60. The van der Waals surface area contributed by atoms with Gasteiger partial charge in [-0.1, -0.05) is 23.7 Å². The highest BCUT2D eigenvalue weighted by Crippen LogP contribution is 2.21. The van der Waals surface area contributed by atoms with E-state index >= 15 is 0 Å². The highest BCUT2D eigenvalue weighted by atomic mass is 35.5. The second-order valence-electron chi connectivity index (χ2n) is 6.04. The lowest BCUT2D eigenvalue weighted by atomic mass is 10.3. The Hall–Kier alpha value is -2.86. The van der Waals surface area contributed by atoms with Crippen molar-refractivity contribution in [3.05, 3.63) is 65.9 Å². The molecule has 132 valence electrons. The van der Waals surface area contributed by atoms with Gasteiger partial charge in [0.05, 0.1) is 0 Å². The van der Waals surface area contributed by atoms with Gasteiger partial charge >= 0.3 is 0 Å². The van der Waals surface area contributed by atoms with Gasteiger partial charge in [0.1, 0.15) is 11.6 Å². The molecule has 2 aromatic heterocycles. The van der Waals surface area contributed by atoms with Gasteiger partial charge in [0, 0.05) is 49.3 Å². The van der Waals surface area contributed by atoms with Crippen LogP contribution in [0.5, 0.6) is 0 Å². The van der Waals surface area contributed by atoms with Crippen LogP contribution in [0.3, 0.4) is 0 Å². The van der Waals surface area contributed by atoms with Crippen LogP contribution < -0.4 is 15.1 Å². The summed E-state index contributed by atoms with van der Waals surface area (Å²) in [7, 11) is 0. The minimum Gasteiger partial charge on any atom is -0.353 e. The summed E-state index contributed by atoms with van der Waals surface area (Å²) in [6, 6.07) is 15.4. The molecule has 1 aliphatic heterocycles. The van der Waals surface area contributed by atoms with E-state index in [0.29, 0.717) is 5.02 Å². The summed E-state index contributed by atoms with van der Waals surface area (Å²) in [6.45, 7) is 3.51. The Balaban J connectivity index is 1.43. The fourth-order valence-corrected chi connectivity index (χ4v) is 3.15. The third kappa shape index (κ3) is 3.86. The molecule has 0 spiro atoms.